The van der Waals surface area contributed by atoms with Crippen molar-refractivity contribution in [3.8, 4) is 0 Å². The van der Waals surface area contributed by atoms with Gasteiger partial charge in [-0.15, -0.1) is 0 Å². The molecule has 2 heteroatoms. The highest BCUT2D eigenvalue weighted by Gasteiger charge is 2.25. The van der Waals surface area contributed by atoms with Gasteiger partial charge in [0.2, 0.25) is 0 Å². The summed E-state index contributed by atoms with van der Waals surface area (Å²) in [4.78, 5) is 0. The summed E-state index contributed by atoms with van der Waals surface area (Å²) in [6.45, 7) is 2.32. The van der Waals surface area contributed by atoms with Crippen LogP contribution < -0.4 is 0 Å². The van der Waals surface area contributed by atoms with E-state index in [1.54, 1.807) is 12.1 Å². The molecule has 0 amide bonds. The summed E-state index contributed by atoms with van der Waals surface area (Å²) in [5, 5.41) is 0.202. The summed E-state index contributed by atoms with van der Waals surface area (Å²) in [5.74, 6) is 3.45. The molecule has 4 rings (SSSR count). The molecule has 2 aliphatic carbocycles. The molecule has 35 heavy (non-hydrogen) atoms. The molecular formula is C33H46ClF. The normalized spacial score (nSPS) is 25.0. The first-order valence-electron chi connectivity index (χ1n) is 14.6. The van der Waals surface area contributed by atoms with Crippen molar-refractivity contribution in [2.24, 2.45) is 17.8 Å². The summed E-state index contributed by atoms with van der Waals surface area (Å²) >= 11 is 5.80. The number of halogens is 2. The molecule has 2 aliphatic rings. The van der Waals surface area contributed by atoms with Gasteiger partial charge in [-0.3, -0.25) is 0 Å². The van der Waals surface area contributed by atoms with Crippen molar-refractivity contribution in [3.05, 3.63) is 70.0 Å². The lowest BCUT2D eigenvalue weighted by Gasteiger charge is -2.32. The predicted octanol–water partition coefficient (Wildman–Crippen LogP) is 10.7. The van der Waals surface area contributed by atoms with E-state index in [-0.39, 0.29) is 10.8 Å². The average molecular weight is 497 g/mol. The summed E-state index contributed by atoms with van der Waals surface area (Å²) in [6.07, 6.45) is 22.1. The molecule has 192 valence electrons. The Morgan fingerprint density at radius 3 is 1.83 bits per heavy atom. The zero-order chi connectivity index (χ0) is 24.5. The zero-order valence-electron chi connectivity index (χ0n) is 21.9. The van der Waals surface area contributed by atoms with E-state index >= 15 is 0 Å². The van der Waals surface area contributed by atoms with E-state index in [0.717, 1.165) is 42.1 Å². The highest BCUT2D eigenvalue weighted by molar-refractivity contribution is 6.30. The fourth-order valence-corrected chi connectivity index (χ4v) is 6.81. The summed E-state index contributed by atoms with van der Waals surface area (Å²) in [5.41, 5.74) is 3.86. The number of hydrogen-bond acceptors (Lipinski definition) is 0. The van der Waals surface area contributed by atoms with Crippen LogP contribution in [0.15, 0.2) is 42.5 Å². The second-order valence-electron chi connectivity index (χ2n) is 11.7. The lowest BCUT2D eigenvalue weighted by atomic mass is 9.74. The van der Waals surface area contributed by atoms with Crippen molar-refractivity contribution in [1.82, 2.24) is 0 Å². The van der Waals surface area contributed by atoms with Gasteiger partial charge in [0.1, 0.15) is 5.82 Å². The van der Waals surface area contributed by atoms with Crippen LogP contribution >= 0.6 is 11.6 Å². The van der Waals surface area contributed by atoms with Crippen LogP contribution in [0.4, 0.5) is 4.39 Å². The van der Waals surface area contributed by atoms with Crippen molar-refractivity contribution >= 4 is 11.6 Å². The second-order valence-corrected chi connectivity index (χ2v) is 12.1. The lowest BCUT2D eigenvalue weighted by molar-refractivity contribution is 0.222. The Labute approximate surface area is 219 Å². The van der Waals surface area contributed by atoms with Gasteiger partial charge in [-0.1, -0.05) is 113 Å². The summed E-state index contributed by atoms with van der Waals surface area (Å²) < 4.78 is 13.7. The van der Waals surface area contributed by atoms with E-state index in [2.05, 4.69) is 31.2 Å². The van der Waals surface area contributed by atoms with Gasteiger partial charge in [-0.25, -0.2) is 4.39 Å². The fourth-order valence-electron chi connectivity index (χ4n) is 6.69. The molecule has 0 bridgehead atoms. The SMILES string of the molecule is CCCCC[C@H]1CC[C@H](CCC2CCC(c3ccc(CCc4ccc(Cl)c(F)c4)cc3)CC2)CC1. The highest BCUT2D eigenvalue weighted by Crippen LogP contribution is 2.40. The third-order valence-corrected chi connectivity index (χ3v) is 9.46. The van der Waals surface area contributed by atoms with Crippen molar-refractivity contribution < 1.29 is 4.39 Å². The lowest BCUT2D eigenvalue weighted by Crippen LogP contribution is -2.17. The number of aryl methyl sites for hydroxylation is 2. The molecule has 0 aliphatic heterocycles. The second kappa shape index (κ2) is 13.8. The molecule has 0 saturated heterocycles. The van der Waals surface area contributed by atoms with Gasteiger partial charge in [0, 0.05) is 0 Å². The minimum absolute atomic E-state index is 0.202. The minimum atomic E-state index is -0.319. The first-order chi connectivity index (χ1) is 17.1. The molecule has 0 nitrogen and oxygen atoms in total. The minimum Gasteiger partial charge on any atom is -0.205 e. The maximum absolute atomic E-state index is 13.7. The standard InChI is InChI=1S/C33H46ClF/c1-2-3-4-5-25-6-8-26(9-7-25)10-11-27-14-19-30(20-15-27)31-21-16-28(17-22-31)12-13-29-18-23-32(34)33(35)24-29/h16-18,21-27,30H,2-15,19-20H2,1H3/t25-,26-,27?,30?. The van der Waals surface area contributed by atoms with E-state index in [1.165, 1.54) is 101 Å². The van der Waals surface area contributed by atoms with Crippen LogP contribution in [0.2, 0.25) is 5.02 Å². The Morgan fingerprint density at radius 1 is 0.686 bits per heavy atom. The predicted molar refractivity (Wildman–Crippen MR) is 149 cm³/mol. The number of hydrogen-bond donors (Lipinski definition) is 0. The Hall–Kier alpha value is -1.34. The molecule has 2 aromatic carbocycles. The monoisotopic (exact) mass is 496 g/mol. The number of benzene rings is 2. The molecular weight excluding hydrogens is 451 g/mol. The van der Waals surface area contributed by atoms with Crippen LogP contribution in [0.5, 0.6) is 0 Å². The van der Waals surface area contributed by atoms with E-state index < -0.39 is 0 Å². The Morgan fingerprint density at radius 2 is 1.23 bits per heavy atom. The zero-order valence-corrected chi connectivity index (χ0v) is 22.7. The van der Waals surface area contributed by atoms with Gasteiger partial charge in [0.15, 0.2) is 0 Å². The molecule has 0 spiro atoms. The maximum Gasteiger partial charge on any atom is 0.142 e. The van der Waals surface area contributed by atoms with E-state index in [0.29, 0.717) is 0 Å². The third-order valence-electron chi connectivity index (χ3n) is 9.15. The molecule has 0 radical (unpaired) electrons. The summed E-state index contributed by atoms with van der Waals surface area (Å²) in [6, 6.07) is 14.4. The first kappa shape index (κ1) is 26.7. The average Bonchev–Trinajstić information content (AvgIpc) is 2.90. The van der Waals surface area contributed by atoms with Gasteiger partial charge < -0.3 is 0 Å². The van der Waals surface area contributed by atoms with Crippen LogP contribution in [0, 0.1) is 23.6 Å². The van der Waals surface area contributed by atoms with E-state index in [4.69, 9.17) is 11.6 Å². The Balaban J connectivity index is 1.13. The molecule has 0 aromatic heterocycles. The molecule has 0 heterocycles. The van der Waals surface area contributed by atoms with E-state index in [1.807, 2.05) is 6.07 Å². The quantitative estimate of drug-likeness (QED) is 0.271. The topological polar surface area (TPSA) is 0 Å². The highest BCUT2D eigenvalue weighted by atomic mass is 35.5. The number of rotatable bonds is 11. The van der Waals surface area contributed by atoms with Gasteiger partial charge in [-0.2, -0.15) is 0 Å². The first-order valence-corrected chi connectivity index (χ1v) is 15.0. The van der Waals surface area contributed by atoms with E-state index in [9.17, 15) is 4.39 Å². The van der Waals surface area contributed by atoms with Crippen molar-refractivity contribution in [1.29, 1.82) is 0 Å². The van der Waals surface area contributed by atoms with Gasteiger partial charge in [0.05, 0.1) is 5.02 Å². The number of unbranched alkanes of at least 4 members (excludes halogenated alkanes) is 2. The van der Waals surface area contributed by atoms with Gasteiger partial charge >= 0.3 is 0 Å². The molecule has 2 fully saturated rings. The van der Waals surface area contributed by atoms with Gasteiger partial charge in [0.25, 0.3) is 0 Å². The third kappa shape index (κ3) is 8.34. The van der Waals surface area contributed by atoms with Crippen LogP contribution in [-0.4, -0.2) is 0 Å². The molecule has 0 unspecified atom stereocenters. The van der Waals surface area contributed by atoms with Crippen LogP contribution in [0.3, 0.4) is 0 Å². The molecule has 2 aromatic rings. The van der Waals surface area contributed by atoms with Crippen LogP contribution in [-0.2, 0) is 12.8 Å². The molecule has 2 saturated carbocycles. The largest absolute Gasteiger partial charge is 0.205 e. The molecule has 0 N–H and O–H groups in total. The van der Waals surface area contributed by atoms with Crippen molar-refractivity contribution in [2.75, 3.05) is 0 Å². The Bertz CT molecular complexity index is 872. The van der Waals surface area contributed by atoms with Crippen molar-refractivity contribution in [2.45, 2.75) is 116 Å². The van der Waals surface area contributed by atoms with Crippen LogP contribution in [0.25, 0.3) is 0 Å². The molecule has 0 atom stereocenters. The summed E-state index contributed by atoms with van der Waals surface area (Å²) in [7, 11) is 0. The van der Waals surface area contributed by atoms with Crippen LogP contribution in [0.1, 0.15) is 119 Å². The van der Waals surface area contributed by atoms with Crippen molar-refractivity contribution in [3.63, 3.8) is 0 Å². The smallest absolute Gasteiger partial charge is 0.142 e. The van der Waals surface area contributed by atoms with Gasteiger partial charge in [-0.05, 0) is 91.0 Å². The maximum atomic E-state index is 13.7. The Kier molecular flexibility index (Phi) is 10.6. The fraction of sp³-hybridized carbons (Fsp3) is 0.636.